The molecule has 0 aliphatic rings. The molecule has 0 amide bonds. The van der Waals surface area contributed by atoms with Crippen molar-refractivity contribution < 1.29 is 18.3 Å². The van der Waals surface area contributed by atoms with Crippen molar-refractivity contribution in [1.29, 1.82) is 0 Å². The zero-order chi connectivity index (χ0) is 19.7. The van der Waals surface area contributed by atoms with Gasteiger partial charge in [0.05, 0.1) is 13.3 Å². The number of hydrogen-bond donors (Lipinski definition) is 3. The number of nitrogens with one attached hydrogen (secondary N) is 1. The van der Waals surface area contributed by atoms with Crippen LogP contribution in [-0.4, -0.2) is 36.9 Å². The Hall–Kier alpha value is -1.96. The van der Waals surface area contributed by atoms with Crippen LogP contribution >= 0.6 is 0 Å². The Labute approximate surface area is 152 Å². The molecule has 2 atom stereocenters. The zero-order valence-corrected chi connectivity index (χ0v) is 15.2. The molecule has 0 saturated carbocycles. The summed E-state index contributed by atoms with van der Waals surface area (Å²) < 4.78 is 37.0. The van der Waals surface area contributed by atoms with Crippen LogP contribution in [0.4, 0.5) is 13.2 Å². The van der Waals surface area contributed by atoms with E-state index in [2.05, 4.69) is 10.3 Å². The molecule has 2 aromatic rings. The highest BCUT2D eigenvalue weighted by atomic mass is 19.3. The predicted molar refractivity (Wildman–Crippen MR) is 97.8 cm³/mol. The van der Waals surface area contributed by atoms with Crippen LogP contribution in [0, 0.1) is 0 Å². The van der Waals surface area contributed by atoms with E-state index in [9.17, 15) is 18.3 Å². The molecule has 0 aliphatic heterocycles. The normalized spacial score (nSPS) is 13.5. The number of alkyl halides is 3. The number of aromatic nitrogens is 1. The number of likely N-dealkylation sites (N-methyl/N-ethyl adjacent to an activating group) is 1. The molecule has 0 radical (unpaired) electrons. The minimum absolute atomic E-state index is 0.0680. The van der Waals surface area contributed by atoms with E-state index in [4.69, 9.17) is 5.73 Å². The molecule has 7 heteroatoms. The molecule has 1 heterocycles. The Kier molecular flexibility index (Phi) is 8.71. The Morgan fingerprint density at radius 2 is 1.69 bits per heavy atom. The van der Waals surface area contributed by atoms with Gasteiger partial charge < -0.3 is 16.2 Å². The predicted octanol–water partition coefficient (Wildman–Crippen LogP) is 3.42. The van der Waals surface area contributed by atoms with E-state index in [-0.39, 0.29) is 18.3 Å². The van der Waals surface area contributed by atoms with Gasteiger partial charge in [0.1, 0.15) is 5.69 Å². The highest BCUT2D eigenvalue weighted by molar-refractivity contribution is 5.62. The van der Waals surface area contributed by atoms with Gasteiger partial charge in [0.25, 0.3) is 5.92 Å². The third-order valence-electron chi connectivity index (χ3n) is 4.11. The third kappa shape index (κ3) is 5.52. The SMILES string of the molecule is CF.CN[C@H](C)[C@H](O)c1ccc(-c2ccc(C(F)(F)CCN)nc2)cc1. The van der Waals surface area contributed by atoms with E-state index in [1.165, 1.54) is 12.3 Å². The Bertz CT molecular complexity index is 648. The average Bonchev–Trinajstić information content (AvgIpc) is 2.68. The van der Waals surface area contributed by atoms with Gasteiger partial charge in [0.15, 0.2) is 0 Å². The summed E-state index contributed by atoms with van der Waals surface area (Å²) in [6, 6.07) is 10.2. The highest BCUT2D eigenvalue weighted by Gasteiger charge is 2.31. The highest BCUT2D eigenvalue weighted by Crippen LogP contribution is 2.31. The van der Waals surface area contributed by atoms with Gasteiger partial charge in [0, 0.05) is 24.2 Å². The quantitative estimate of drug-likeness (QED) is 0.699. The summed E-state index contributed by atoms with van der Waals surface area (Å²) in [5.41, 5.74) is 7.32. The minimum atomic E-state index is -3.01. The van der Waals surface area contributed by atoms with Gasteiger partial charge in [0.2, 0.25) is 0 Å². The van der Waals surface area contributed by atoms with Gasteiger partial charge in [-0.3, -0.25) is 9.37 Å². The van der Waals surface area contributed by atoms with Crippen LogP contribution in [0.1, 0.15) is 30.7 Å². The first-order valence-corrected chi connectivity index (χ1v) is 8.27. The largest absolute Gasteiger partial charge is 0.387 e. The van der Waals surface area contributed by atoms with E-state index < -0.39 is 18.4 Å². The van der Waals surface area contributed by atoms with E-state index in [1.54, 1.807) is 13.1 Å². The van der Waals surface area contributed by atoms with Gasteiger partial charge in [-0.05, 0) is 37.7 Å². The van der Waals surface area contributed by atoms with Gasteiger partial charge >= 0.3 is 0 Å². The fraction of sp³-hybridized carbons (Fsp3) is 0.421. The molecule has 1 aromatic carbocycles. The lowest BCUT2D eigenvalue weighted by atomic mass is 9.99. The molecule has 0 spiro atoms. The van der Waals surface area contributed by atoms with Gasteiger partial charge in [-0.2, -0.15) is 8.78 Å². The number of benzene rings is 1. The summed E-state index contributed by atoms with van der Waals surface area (Å²) in [7, 11) is 2.29. The van der Waals surface area contributed by atoms with Crippen LogP contribution in [-0.2, 0) is 5.92 Å². The second-order valence-corrected chi connectivity index (χ2v) is 5.82. The van der Waals surface area contributed by atoms with Crippen molar-refractivity contribution in [3.63, 3.8) is 0 Å². The van der Waals surface area contributed by atoms with E-state index >= 15 is 0 Å². The molecule has 0 saturated heterocycles. The maximum Gasteiger partial charge on any atom is 0.290 e. The maximum atomic E-state index is 13.8. The first kappa shape index (κ1) is 22.1. The second-order valence-electron chi connectivity index (χ2n) is 5.82. The van der Waals surface area contributed by atoms with Crippen molar-refractivity contribution in [1.82, 2.24) is 10.3 Å². The average molecular weight is 369 g/mol. The Morgan fingerprint density at radius 1 is 1.12 bits per heavy atom. The minimum Gasteiger partial charge on any atom is -0.387 e. The first-order valence-electron chi connectivity index (χ1n) is 8.27. The Morgan fingerprint density at radius 3 is 2.15 bits per heavy atom. The zero-order valence-electron chi connectivity index (χ0n) is 15.2. The monoisotopic (exact) mass is 369 g/mol. The molecule has 144 valence electrons. The van der Waals surface area contributed by atoms with Crippen LogP contribution in [0.2, 0.25) is 0 Å². The summed E-state index contributed by atoms with van der Waals surface area (Å²) >= 11 is 0. The number of nitrogens with zero attached hydrogens (tertiary/aromatic N) is 1. The molecule has 0 unspecified atom stereocenters. The molecule has 0 bridgehead atoms. The van der Waals surface area contributed by atoms with Crippen molar-refractivity contribution in [3.8, 4) is 11.1 Å². The van der Waals surface area contributed by atoms with Crippen molar-refractivity contribution in [2.24, 2.45) is 5.73 Å². The lowest BCUT2D eigenvalue weighted by Crippen LogP contribution is -2.28. The van der Waals surface area contributed by atoms with Crippen LogP contribution < -0.4 is 11.1 Å². The lowest BCUT2D eigenvalue weighted by Gasteiger charge is -2.18. The number of nitrogens with two attached hydrogens (primary N) is 1. The van der Waals surface area contributed by atoms with Crippen LogP contribution in [0.3, 0.4) is 0 Å². The third-order valence-corrected chi connectivity index (χ3v) is 4.11. The van der Waals surface area contributed by atoms with Crippen molar-refractivity contribution in [2.45, 2.75) is 31.4 Å². The fourth-order valence-electron chi connectivity index (χ4n) is 2.41. The van der Waals surface area contributed by atoms with Crippen LogP contribution in [0.15, 0.2) is 42.6 Å². The number of pyridine rings is 1. The molecule has 4 N–H and O–H groups in total. The van der Waals surface area contributed by atoms with Crippen LogP contribution in [0.5, 0.6) is 0 Å². The van der Waals surface area contributed by atoms with E-state index in [0.717, 1.165) is 16.7 Å². The molecular weight excluding hydrogens is 343 g/mol. The van der Waals surface area contributed by atoms with Crippen LogP contribution in [0.25, 0.3) is 11.1 Å². The molecule has 4 nitrogen and oxygen atoms in total. The van der Waals surface area contributed by atoms with Gasteiger partial charge in [-0.1, -0.05) is 30.3 Å². The standard InChI is InChI=1S/C18H23F2N3O.CH3F/c1-12(22-2)17(24)14-5-3-13(4-6-14)15-7-8-16(23-11-15)18(19,20)9-10-21;1-2/h3-8,11-12,17,22,24H,9-10,21H2,1-2H3;1H3/t12-,17+;/m1./s1. The Balaban J connectivity index is 0.00000163. The number of hydrogen-bond acceptors (Lipinski definition) is 4. The van der Waals surface area contributed by atoms with Gasteiger partial charge in [-0.25, -0.2) is 0 Å². The summed E-state index contributed by atoms with van der Waals surface area (Å²) in [5, 5.41) is 13.2. The number of halogens is 3. The first-order chi connectivity index (χ1) is 12.4. The van der Waals surface area contributed by atoms with Crippen molar-refractivity contribution in [3.05, 3.63) is 53.9 Å². The molecule has 0 fully saturated rings. The molecule has 0 aliphatic carbocycles. The molecule has 26 heavy (non-hydrogen) atoms. The van der Waals surface area contributed by atoms with E-state index in [0.29, 0.717) is 7.18 Å². The second kappa shape index (κ2) is 10.3. The maximum absolute atomic E-state index is 13.8. The summed E-state index contributed by atoms with van der Waals surface area (Å²) in [5.74, 6) is -3.01. The molecule has 1 aromatic heterocycles. The summed E-state index contributed by atoms with van der Waals surface area (Å²) in [6.07, 6.45) is 0.399. The number of rotatable bonds is 7. The molecular formula is C19H26F3N3O. The lowest BCUT2D eigenvalue weighted by molar-refractivity contribution is -0.0151. The molecule has 2 rings (SSSR count). The number of aliphatic hydroxyl groups is 1. The number of aliphatic hydroxyl groups excluding tert-OH is 1. The smallest absolute Gasteiger partial charge is 0.290 e. The van der Waals surface area contributed by atoms with Gasteiger partial charge in [-0.15, -0.1) is 0 Å². The van der Waals surface area contributed by atoms with Crippen molar-refractivity contribution in [2.75, 3.05) is 20.8 Å². The van der Waals surface area contributed by atoms with E-state index in [1.807, 2.05) is 31.2 Å². The van der Waals surface area contributed by atoms with Crippen molar-refractivity contribution >= 4 is 0 Å². The summed E-state index contributed by atoms with van der Waals surface area (Å²) in [6.45, 7) is 1.80. The topological polar surface area (TPSA) is 71.2 Å². The summed E-state index contributed by atoms with van der Waals surface area (Å²) in [4.78, 5) is 3.88. The fourth-order valence-corrected chi connectivity index (χ4v) is 2.41.